The van der Waals surface area contributed by atoms with E-state index in [4.69, 9.17) is 0 Å². The van der Waals surface area contributed by atoms with Gasteiger partial charge < -0.3 is 15.5 Å². The lowest BCUT2D eigenvalue weighted by atomic mass is 10.1. The molecule has 4 nitrogen and oxygen atoms in total. The van der Waals surface area contributed by atoms with Crippen molar-refractivity contribution in [2.75, 3.05) is 18.9 Å². The van der Waals surface area contributed by atoms with Gasteiger partial charge in [-0.1, -0.05) is 12.1 Å². The quantitative estimate of drug-likeness (QED) is 0.889. The lowest BCUT2D eigenvalue weighted by molar-refractivity contribution is 0.194. The predicted octanol–water partition coefficient (Wildman–Crippen LogP) is 2.98. The van der Waals surface area contributed by atoms with Gasteiger partial charge in [-0.05, 0) is 56.8 Å². The first-order valence-corrected chi connectivity index (χ1v) is 7.52. The molecular weight excluding hydrogens is 250 g/mol. The fourth-order valence-corrected chi connectivity index (χ4v) is 3.39. The highest BCUT2D eigenvalue weighted by Crippen LogP contribution is 2.37. The van der Waals surface area contributed by atoms with Gasteiger partial charge in [0, 0.05) is 24.3 Å². The van der Waals surface area contributed by atoms with Crippen molar-refractivity contribution < 1.29 is 4.79 Å². The number of piperidine rings is 1. The summed E-state index contributed by atoms with van der Waals surface area (Å²) in [6.45, 7) is 3.06. The van der Waals surface area contributed by atoms with Crippen molar-refractivity contribution in [3.05, 3.63) is 29.8 Å². The number of likely N-dealkylation sites (tertiary alicyclic amines) is 1. The van der Waals surface area contributed by atoms with Gasteiger partial charge in [-0.25, -0.2) is 4.79 Å². The Morgan fingerprint density at radius 1 is 1.30 bits per heavy atom. The Morgan fingerprint density at radius 2 is 2.05 bits per heavy atom. The van der Waals surface area contributed by atoms with Crippen LogP contribution >= 0.6 is 0 Å². The minimum Gasteiger partial charge on any atom is -0.321 e. The molecule has 0 spiro atoms. The fraction of sp³-hybridized carbons (Fsp3) is 0.562. The van der Waals surface area contributed by atoms with Crippen molar-refractivity contribution in [3.63, 3.8) is 0 Å². The Labute approximate surface area is 120 Å². The van der Waals surface area contributed by atoms with Crippen LogP contribution < -0.4 is 10.6 Å². The summed E-state index contributed by atoms with van der Waals surface area (Å²) in [6.07, 6.45) is 3.67. The molecule has 2 bridgehead atoms. The topological polar surface area (TPSA) is 44.4 Å². The lowest BCUT2D eigenvalue weighted by Gasteiger charge is -2.27. The SMILES string of the molecule is CNC(C)c1ccc(NC(=O)N2CC3CCC2C3)cc1. The third-order valence-electron chi connectivity index (χ3n) is 4.77. The van der Waals surface area contributed by atoms with Crippen LogP contribution in [-0.2, 0) is 0 Å². The van der Waals surface area contributed by atoms with Gasteiger partial charge >= 0.3 is 6.03 Å². The number of rotatable bonds is 3. The van der Waals surface area contributed by atoms with Crippen LogP contribution in [0.4, 0.5) is 10.5 Å². The molecule has 1 saturated carbocycles. The number of amides is 2. The molecular formula is C16H23N3O. The zero-order valence-electron chi connectivity index (χ0n) is 12.2. The molecule has 0 aromatic heterocycles. The predicted molar refractivity (Wildman–Crippen MR) is 80.8 cm³/mol. The van der Waals surface area contributed by atoms with Crippen LogP contribution in [0.3, 0.4) is 0 Å². The summed E-state index contributed by atoms with van der Waals surface area (Å²) in [5.74, 6) is 0.740. The molecule has 1 heterocycles. The van der Waals surface area contributed by atoms with E-state index in [0.29, 0.717) is 12.1 Å². The number of urea groups is 1. The van der Waals surface area contributed by atoms with Crippen molar-refractivity contribution >= 4 is 11.7 Å². The van der Waals surface area contributed by atoms with E-state index in [2.05, 4.69) is 29.7 Å². The molecule has 3 unspecified atom stereocenters. The summed E-state index contributed by atoms with van der Waals surface area (Å²) >= 11 is 0. The van der Waals surface area contributed by atoms with Gasteiger partial charge in [-0.3, -0.25) is 0 Å². The van der Waals surface area contributed by atoms with E-state index < -0.39 is 0 Å². The number of carbonyl (C=O) groups is 1. The molecule has 1 saturated heterocycles. The van der Waals surface area contributed by atoms with Gasteiger partial charge in [0.05, 0.1) is 0 Å². The average Bonchev–Trinajstić information content (AvgIpc) is 3.10. The highest BCUT2D eigenvalue weighted by molar-refractivity contribution is 5.89. The summed E-state index contributed by atoms with van der Waals surface area (Å²) in [5, 5.41) is 6.23. The summed E-state index contributed by atoms with van der Waals surface area (Å²) in [6, 6.07) is 8.95. The largest absolute Gasteiger partial charge is 0.322 e. The smallest absolute Gasteiger partial charge is 0.321 e. The number of hydrogen-bond donors (Lipinski definition) is 2. The first kappa shape index (κ1) is 13.4. The zero-order chi connectivity index (χ0) is 14.1. The van der Waals surface area contributed by atoms with E-state index in [9.17, 15) is 4.79 Å². The molecule has 4 heteroatoms. The van der Waals surface area contributed by atoms with E-state index >= 15 is 0 Å². The lowest BCUT2D eigenvalue weighted by Crippen LogP contribution is -2.40. The fourth-order valence-electron chi connectivity index (χ4n) is 3.39. The number of carbonyl (C=O) groups excluding carboxylic acids is 1. The maximum absolute atomic E-state index is 12.3. The van der Waals surface area contributed by atoms with Gasteiger partial charge in [-0.15, -0.1) is 0 Å². The van der Waals surface area contributed by atoms with Gasteiger partial charge in [-0.2, -0.15) is 0 Å². The Hall–Kier alpha value is -1.55. The van der Waals surface area contributed by atoms with Crippen molar-refractivity contribution in [1.29, 1.82) is 0 Å². The maximum Gasteiger partial charge on any atom is 0.322 e. The molecule has 2 aliphatic rings. The van der Waals surface area contributed by atoms with E-state index in [1.807, 2.05) is 24.1 Å². The van der Waals surface area contributed by atoms with Crippen molar-refractivity contribution in [2.24, 2.45) is 5.92 Å². The van der Waals surface area contributed by atoms with Crippen molar-refractivity contribution in [3.8, 4) is 0 Å². The summed E-state index contributed by atoms with van der Waals surface area (Å²) < 4.78 is 0. The number of nitrogens with zero attached hydrogens (tertiary/aromatic N) is 1. The van der Waals surface area contributed by atoms with E-state index in [0.717, 1.165) is 18.2 Å². The minimum absolute atomic E-state index is 0.0617. The first-order chi connectivity index (χ1) is 9.67. The Balaban J connectivity index is 1.61. The Kier molecular flexibility index (Phi) is 3.66. The minimum atomic E-state index is 0.0617. The highest BCUT2D eigenvalue weighted by Gasteiger charge is 2.40. The first-order valence-electron chi connectivity index (χ1n) is 7.52. The van der Waals surface area contributed by atoms with Crippen LogP contribution in [0.5, 0.6) is 0 Å². The highest BCUT2D eigenvalue weighted by atomic mass is 16.2. The summed E-state index contributed by atoms with van der Waals surface area (Å²) in [4.78, 5) is 14.3. The molecule has 3 rings (SSSR count). The molecule has 2 amide bonds. The van der Waals surface area contributed by atoms with E-state index in [1.54, 1.807) is 0 Å². The number of benzene rings is 1. The molecule has 1 aliphatic heterocycles. The molecule has 20 heavy (non-hydrogen) atoms. The van der Waals surface area contributed by atoms with Crippen LogP contribution in [0.1, 0.15) is 37.8 Å². The number of hydrogen-bond acceptors (Lipinski definition) is 2. The molecule has 1 aromatic carbocycles. The number of fused-ring (bicyclic) bond motifs is 2. The zero-order valence-corrected chi connectivity index (χ0v) is 12.2. The van der Waals surface area contributed by atoms with Crippen LogP contribution in [-0.4, -0.2) is 30.6 Å². The van der Waals surface area contributed by atoms with Crippen molar-refractivity contribution in [2.45, 2.75) is 38.3 Å². The normalized spacial score (nSPS) is 25.8. The number of anilines is 1. The second-order valence-corrected chi connectivity index (χ2v) is 6.05. The van der Waals surface area contributed by atoms with E-state index in [-0.39, 0.29) is 6.03 Å². The van der Waals surface area contributed by atoms with Crippen LogP contribution in [0.2, 0.25) is 0 Å². The second-order valence-electron chi connectivity index (χ2n) is 6.05. The molecule has 3 atom stereocenters. The van der Waals surface area contributed by atoms with Gasteiger partial charge in [0.15, 0.2) is 0 Å². The third kappa shape index (κ3) is 2.52. The Morgan fingerprint density at radius 3 is 2.60 bits per heavy atom. The average molecular weight is 273 g/mol. The van der Waals surface area contributed by atoms with Gasteiger partial charge in [0.2, 0.25) is 0 Å². The summed E-state index contributed by atoms with van der Waals surface area (Å²) in [7, 11) is 1.95. The Bertz CT molecular complexity index is 485. The molecule has 2 fully saturated rings. The molecule has 1 aromatic rings. The number of nitrogens with one attached hydrogen (secondary N) is 2. The van der Waals surface area contributed by atoms with Crippen LogP contribution in [0.15, 0.2) is 24.3 Å². The molecule has 2 N–H and O–H groups in total. The molecule has 0 radical (unpaired) electrons. The van der Waals surface area contributed by atoms with E-state index in [1.165, 1.54) is 24.8 Å². The van der Waals surface area contributed by atoms with Crippen LogP contribution in [0, 0.1) is 5.92 Å². The summed E-state index contributed by atoms with van der Waals surface area (Å²) in [5.41, 5.74) is 2.11. The van der Waals surface area contributed by atoms with Gasteiger partial charge in [0.1, 0.15) is 0 Å². The molecule has 108 valence electrons. The van der Waals surface area contributed by atoms with Crippen LogP contribution in [0.25, 0.3) is 0 Å². The van der Waals surface area contributed by atoms with Crippen molar-refractivity contribution in [1.82, 2.24) is 10.2 Å². The monoisotopic (exact) mass is 273 g/mol. The standard InChI is InChI=1S/C16H23N3O/c1-11(17-2)13-4-6-14(7-5-13)18-16(20)19-10-12-3-8-15(19)9-12/h4-7,11-12,15,17H,3,8-10H2,1-2H3,(H,18,20). The second kappa shape index (κ2) is 5.44. The molecule has 1 aliphatic carbocycles. The maximum atomic E-state index is 12.3. The third-order valence-corrected chi connectivity index (χ3v) is 4.77. The van der Waals surface area contributed by atoms with Gasteiger partial charge in [0.25, 0.3) is 0 Å².